The highest BCUT2D eigenvalue weighted by molar-refractivity contribution is 7.26. The highest BCUT2D eigenvalue weighted by Gasteiger charge is 2.21. The van der Waals surface area contributed by atoms with Gasteiger partial charge in [-0.25, -0.2) is 29.9 Å². The predicted molar refractivity (Wildman–Crippen MR) is 149 cm³/mol. The van der Waals surface area contributed by atoms with Crippen molar-refractivity contribution in [1.29, 1.82) is 0 Å². The van der Waals surface area contributed by atoms with Crippen LogP contribution in [0.5, 0.6) is 0 Å². The average molecular weight is 524 g/mol. The summed E-state index contributed by atoms with van der Waals surface area (Å²) in [5.74, 6) is 0. The van der Waals surface area contributed by atoms with Crippen LogP contribution in [0.15, 0.2) is 84.5 Å². The van der Waals surface area contributed by atoms with Gasteiger partial charge in [0.1, 0.15) is 27.7 Å². The molecule has 0 radical (unpaired) electrons. The van der Waals surface area contributed by atoms with Crippen molar-refractivity contribution in [2.24, 2.45) is 0 Å². The summed E-state index contributed by atoms with van der Waals surface area (Å²) < 4.78 is 8.94. The second kappa shape index (κ2) is 7.55. The molecule has 9 heterocycles. The minimum absolute atomic E-state index is 0.470. The maximum Gasteiger partial charge on any atom is 0.248 e. The topological polar surface area (TPSA) is 121 Å². The summed E-state index contributed by atoms with van der Waals surface area (Å²) in [5, 5.41) is 1.78. The first-order valence-electron chi connectivity index (χ1n) is 12.1. The Morgan fingerprint density at radius 2 is 1.56 bits per heavy atom. The van der Waals surface area contributed by atoms with E-state index in [2.05, 4.69) is 34.5 Å². The van der Waals surface area contributed by atoms with Crippen molar-refractivity contribution in [1.82, 2.24) is 44.4 Å². The lowest BCUT2D eigenvalue weighted by Gasteiger charge is -2.09. The van der Waals surface area contributed by atoms with Gasteiger partial charge in [0.2, 0.25) is 11.4 Å². The van der Waals surface area contributed by atoms with Crippen LogP contribution in [0.25, 0.3) is 81.6 Å². The SMILES string of the molecule is c1cnc2c3ncncc3n(-c3ccnc4sc5c(-c6cnc7oc8nccnc8c7c6)ccnc5c34)c2c1. The van der Waals surface area contributed by atoms with Gasteiger partial charge in [-0.05, 0) is 30.3 Å². The number of thiophene rings is 1. The molecule has 10 nitrogen and oxygen atoms in total. The van der Waals surface area contributed by atoms with Gasteiger partial charge >= 0.3 is 0 Å². The molecule has 9 rings (SSSR count). The number of rotatable bonds is 2. The normalized spacial score (nSPS) is 12.1. The number of aromatic nitrogens is 9. The first kappa shape index (κ1) is 20.6. The minimum atomic E-state index is 0.470. The summed E-state index contributed by atoms with van der Waals surface area (Å²) in [6.45, 7) is 0. The fourth-order valence-electron chi connectivity index (χ4n) is 5.32. The van der Waals surface area contributed by atoms with Gasteiger partial charge in [-0.1, -0.05) is 0 Å². The molecule has 0 amide bonds. The van der Waals surface area contributed by atoms with E-state index in [1.54, 1.807) is 36.3 Å². The van der Waals surface area contributed by atoms with Crippen LogP contribution in [-0.4, -0.2) is 44.4 Å². The van der Waals surface area contributed by atoms with Crippen molar-refractivity contribution in [3.8, 4) is 16.8 Å². The van der Waals surface area contributed by atoms with Gasteiger partial charge in [-0.2, -0.15) is 0 Å². The smallest absolute Gasteiger partial charge is 0.248 e. The first-order valence-corrected chi connectivity index (χ1v) is 12.9. The van der Waals surface area contributed by atoms with Crippen LogP contribution in [0.1, 0.15) is 0 Å². The highest BCUT2D eigenvalue weighted by Crippen LogP contribution is 2.42. The fraction of sp³-hybridized carbons (Fsp3) is 0. The Morgan fingerprint density at radius 1 is 0.692 bits per heavy atom. The van der Waals surface area contributed by atoms with Crippen LogP contribution in [0.4, 0.5) is 0 Å². The zero-order chi connectivity index (χ0) is 25.5. The Hall–Kier alpha value is -5.42. The van der Waals surface area contributed by atoms with Gasteiger partial charge in [-0.3, -0.25) is 9.97 Å². The van der Waals surface area contributed by atoms with Crippen LogP contribution in [0.2, 0.25) is 0 Å². The van der Waals surface area contributed by atoms with Crippen LogP contribution >= 0.6 is 11.3 Å². The molecule has 11 heteroatoms. The van der Waals surface area contributed by atoms with E-state index in [9.17, 15) is 0 Å². The third-order valence-electron chi connectivity index (χ3n) is 6.94. The van der Waals surface area contributed by atoms with E-state index in [4.69, 9.17) is 14.4 Å². The Kier molecular flexibility index (Phi) is 3.99. The van der Waals surface area contributed by atoms with E-state index in [1.165, 1.54) is 0 Å². The van der Waals surface area contributed by atoms with Crippen molar-refractivity contribution < 1.29 is 4.42 Å². The number of nitrogens with zero attached hydrogens (tertiary/aromatic N) is 9. The van der Waals surface area contributed by atoms with Gasteiger partial charge < -0.3 is 8.98 Å². The molecule has 39 heavy (non-hydrogen) atoms. The molecule has 0 fully saturated rings. The van der Waals surface area contributed by atoms with Crippen molar-refractivity contribution in [2.75, 3.05) is 0 Å². The maximum absolute atomic E-state index is 5.78. The maximum atomic E-state index is 5.78. The van der Waals surface area contributed by atoms with Crippen LogP contribution in [0.3, 0.4) is 0 Å². The fourth-order valence-corrected chi connectivity index (χ4v) is 6.47. The molecule has 0 aromatic carbocycles. The number of fused-ring (bicyclic) bond motifs is 9. The highest BCUT2D eigenvalue weighted by atomic mass is 32.1. The lowest BCUT2D eigenvalue weighted by molar-refractivity contribution is 0.639. The monoisotopic (exact) mass is 523 g/mol. The zero-order valence-electron chi connectivity index (χ0n) is 19.8. The number of pyridine rings is 4. The molecule has 0 aliphatic rings. The number of hydrogen-bond donors (Lipinski definition) is 0. The van der Waals surface area contributed by atoms with E-state index in [1.807, 2.05) is 55.1 Å². The van der Waals surface area contributed by atoms with E-state index in [0.29, 0.717) is 16.9 Å². The van der Waals surface area contributed by atoms with E-state index >= 15 is 0 Å². The number of hydrogen-bond acceptors (Lipinski definition) is 10. The molecule has 0 bridgehead atoms. The van der Waals surface area contributed by atoms with E-state index < -0.39 is 0 Å². The molecule has 0 saturated heterocycles. The summed E-state index contributed by atoms with van der Waals surface area (Å²) in [6, 6.07) is 10.0. The molecule has 182 valence electrons. The Morgan fingerprint density at radius 3 is 2.56 bits per heavy atom. The molecular formula is C28H13N9OS. The molecule has 0 unspecified atom stereocenters. The molecule has 0 saturated carbocycles. The third kappa shape index (κ3) is 2.79. The van der Waals surface area contributed by atoms with Crippen molar-refractivity contribution in [2.45, 2.75) is 0 Å². The van der Waals surface area contributed by atoms with Crippen LogP contribution in [0, 0.1) is 0 Å². The summed E-state index contributed by atoms with van der Waals surface area (Å²) >= 11 is 1.60. The lowest BCUT2D eigenvalue weighted by atomic mass is 10.1. The quantitative estimate of drug-likeness (QED) is 0.273. The lowest BCUT2D eigenvalue weighted by Crippen LogP contribution is -1.96. The standard InChI is InChI=1S/C28H13N9OS/c1-2-18-22(30-5-1)23-19(12-29-13-36-23)37(18)17-4-7-34-28-20(17)24-25(39-28)15(3-6-31-24)14-10-16-21-27(33-9-8-32-21)38-26(16)35-11-14/h1-13H. The number of furan rings is 1. The largest absolute Gasteiger partial charge is 0.418 e. The van der Waals surface area contributed by atoms with Gasteiger partial charge in [0, 0.05) is 48.3 Å². The Balaban J connectivity index is 1.35. The first-order chi connectivity index (χ1) is 19.3. The molecule has 0 atom stereocenters. The Labute approximate surface area is 221 Å². The van der Waals surface area contributed by atoms with Crippen LogP contribution < -0.4 is 0 Å². The van der Waals surface area contributed by atoms with E-state index in [0.717, 1.165) is 64.7 Å². The van der Waals surface area contributed by atoms with Crippen LogP contribution in [-0.2, 0) is 0 Å². The van der Waals surface area contributed by atoms with Crippen molar-refractivity contribution in [3.05, 3.63) is 80.0 Å². The van der Waals surface area contributed by atoms with Gasteiger partial charge in [0.15, 0.2) is 0 Å². The molecule has 0 N–H and O–H groups in total. The second-order valence-electron chi connectivity index (χ2n) is 9.00. The molecule has 9 aromatic rings. The summed E-state index contributed by atoms with van der Waals surface area (Å²) in [6.07, 6.45) is 13.9. The second-order valence-corrected chi connectivity index (χ2v) is 10.00. The van der Waals surface area contributed by atoms with E-state index in [-0.39, 0.29) is 0 Å². The Bertz CT molecular complexity index is 2370. The third-order valence-corrected chi connectivity index (χ3v) is 8.06. The predicted octanol–water partition coefficient (Wildman–Crippen LogP) is 5.88. The average Bonchev–Trinajstić information content (AvgIpc) is 3.66. The molecule has 0 aliphatic heterocycles. The molecule has 0 aliphatic carbocycles. The molecule has 9 aromatic heterocycles. The summed E-state index contributed by atoms with van der Waals surface area (Å²) in [7, 11) is 0. The van der Waals surface area contributed by atoms with Gasteiger partial charge in [0.25, 0.3) is 0 Å². The van der Waals surface area contributed by atoms with Crippen molar-refractivity contribution in [3.63, 3.8) is 0 Å². The minimum Gasteiger partial charge on any atom is -0.418 e. The van der Waals surface area contributed by atoms with Gasteiger partial charge in [-0.15, -0.1) is 11.3 Å². The van der Waals surface area contributed by atoms with Gasteiger partial charge in [0.05, 0.1) is 43.9 Å². The summed E-state index contributed by atoms with van der Waals surface area (Å²) in [4.78, 5) is 37.2. The molecular weight excluding hydrogens is 510 g/mol. The van der Waals surface area contributed by atoms with Crippen molar-refractivity contribution >= 4 is 76.2 Å². The zero-order valence-corrected chi connectivity index (χ0v) is 20.7. The molecule has 0 spiro atoms. The summed E-state index contributed by atoms with van der Waals surface area (Å²) in [5.41, 5.74) is 8.86.